The van der Waals surface area contributed by atoms with Gasteiger partial charge >= 0.3 is 6.09 Å². The Morgan fingerprint density at radius 2 is 1.84 bits per heavy atom. The molecule has 4 rings (SSSR count). The van der Waals surface area contributed by atoms with Crippen LogP contribution in [0, 0.1) is 31.6 Å². The molecule has 0 radical (unpaired) electrons. The Kier molecular flexibility index (Phi) is 6.26. The van der Waals surface area contributed by atoms with Crippen molar-refractivity contribution in [3.05, 3.63) is 41.3 Å². The van der Waals surface area contributed by atoms with E-state index in [1.165, 1.54) is 25.5 Å². The number of hydrogen-bond acceptors (Lipinski definition) is 4. The number of aromatic nitrogens is 2. The Balaban J connectivity index is 1.63. The number of benzene rings is 1. The van der Waals surface area contributed by atoms with Gasteiger partial charge in [0.05, 0.1) is 18.8 Å². The zero-order valence-electron chi connectivity index (χ0n) is 19.6. The molecule has 7 nitrogen and oxygen atoms in total. The fraction of sp³-hybridized carbons (Fsp3) is 0.560. The molecule has 7 heteroatoms. The number of nitrogens with zero attached hydrogens (tertiary/aromatic N) is 2. The van der Waals surface area contributed by atoms with Crippen molar-refractivity contribution >= 4 is 12.0 Å². The first kappa shape index (κ1) is 22.4. The Labute approximate surface area is 189 Å². The van der Waals surface area contributed by atoms with Gasteiger partial charge in [0.15, 0.2) is 0 Å². The number of rotatable bonds is 6. The number of aryl methyl sites for hydroxylation is 2. The third-order valence-electron chi connectivity index (χ3n) is 6.84. The summed E-state index contributed by atoms with van der Waals surface area (Å²) in [7, 11) is 1.32. The third kappa shape index (κ3) is 4.52. The first-order chi connectivity index (χ1) is 15.3. The lowest BCUT2D eigenvalue weighted by molar-refractivity contribution is -0.135. The molecule has 0 unspecified atom stereocenters. The molecule has 1 saturated carbocycles. The van der Waals surface area contributed by atoms with Gasteiger partial charge in [-0.1, -0.05) is 43.7 Å². The van der Waals surface area contributed by atoms with Gasteiger partial charge in [0.1, 0.15) is 11.9 Å². The molecule has 172 valence electrons. The number of hydrogen-bond donors (Lipinski definition) is 2. The number of aromatic amines is 1. The minimum Gasteiger partial charge on any atom is -0.453 e. The maximum atomic E-state index is 13.6. The molecule has 0 bridgehead atoms. The first-order valence-corrected chi connectivity index (χ1v) is 11.6. The average Bonchev–Trinajstić information content (AvgIpc) is 3.41. The normalized spacial score (nSPS) is 21.6. The van der Waals surface area contributed by atoms with Crippen molar-refractivity contribution in [2.75, 3.05) is 13.7 Å². The molecule has 2 amide bonds. The summed E-state index contributed by atoms with van der Waals surface area (Å²) in [5.41, 5.74) is 4.20. The molecule has 2 fully saturated rings. The Morgan fingerprint density at radius 3 is 2.44 bits per heavy atom. The molecule has 1 aliphatic heterocycles. The Bertz CT molecular complexity index is 978. The molecule has 2 aromatic rings. The second-order valence-electron chi connectivity index (χ2n) is 9.66. The lowest BCUT2D eigenvalue weighted by Crippen LogP contribution is -2.51. The highest BCUT2D eigenvalue weighted by Crippen LogP contribution is 2.47. The van der Waals surface area contributed by atoms with Crippen molar-refractivity contribution in [1.29, 1.82) is 0 Å². The van der Waals surface area contributed by atoms with Crippen molar-refractivity contribution in [3.63, 3.8) is 0 Å². The summed E-state index contributed by atoms with van der Waals surface area (Å²) in [5, 5.41) is 2.74. The van der Waals surface area contributed by atoms with Crippen LogP contribution in [-0.2, 0) is 9.53 Å². The van der Waals surface area contributed by atoms with Crippen LogP contribution in [0.4, 0.5) is 4.79 Å². The number of carbonyl (C=O) groups excluding carboxylic acids is 2. The number of likely N-dealkylation sites (tertiary alicyclic amines) is 1. The number of carbonyl (C=O) groups is 2. The van der Waals surface area contributed by atoms with E-state index in [2.05, 4.69) is 41.5 Å². The molecule has 2 heterocycles. The predicted octanol–water partition coefficient (Wildman–Crippen LogP) is 4.37. The van der Waals surface area contributed by atoms with Crippen molar-refractivity contribution in [3.8, 4) is 11.3 Å². The van der Waals surface area contributed by atoms with Gasteiger partial charge in [0, 0.05) is 17.8 Å². The van der Waals surface area contributed by atoms with Crippen molar-refractivity contribution in [1.82, 2.24) is 20.2 Å². The second-order valence-corrected chi connectivity index (χ2v) is 9.66. The van der Waals surface area contributed by atoms with Crippen molar-refractivity contribution in [2.24, 2.45) is 17.8 Å². The molecule has 0 spiro atoms. The molecule has 1 aromatic carbocycles. The van der Waals surface area contributed by atoms with Crippen LogP contribution in [0.3, 0.4) is 0 Å². The van der Waals surface area contributed by atoms with Crippen LogP contribution < -0.4 is 5.32 Å². The highest BCUT2D eigenvalue weighted by molar-refractivity contribution is 5.86. The van der Waals surface area contributed by atoms with E-state index in [4.69, 9.17) is 9.72 Å². The van der Waals surface area contributed by atoms with E-state index in [0.717, 1.165) is 29.2 Å². The Hall–Kier alpha value is -2.83. The van der Waals surface area contributed by atoms with E-state index < -0.39 is 12.1 Å². The summed E-state index contributed by atoms with van der Waals surface area (Å²) in [4.78, 5) is 35.9. The predicted molar refractivity (Wildman–Crippen MR) is 123 cm³/mol. The quantitative estimate of drug-likeness (QED) is 0.701. The number of H-pyrrole nitrogens is 1. The summed E-state index contributed by atoms with van der Waals surface area (Å²) >= 11 is 0. The van der Waals surface area contributed by atoms with Crippen molar-refractivity contribution in [2.45, 2.75) is 59.0 Å². The molecule has 1 saturated heterocycles. The summed E-state index contributed by atoms with van der Waals surface area (Å²) in [6.45, 7) is 8.68. The van der Waals surface area contributed by atoms with Crippen molar-refractivity contribution < 1.29 is 14.3 Å². The average molecular weight is 439 g/mol. The van der Waals surface area contributed by atoms with E-state index in [1.807, 2.05) is 25.7 Å². The molecule has 2 aliphatic rings. The first-order valence-electron chi connectivity index (χ1n) is 11.6. The van der Waals surface area contributed by atoms with E-state index >= 15 is 0 Å². The van der Waals surface area contributed by atoms with Crippen LogP contribution in [0.5, 0.6) is 0 Å². The second kappa shape index (κ2) is 8.96. The minimum atomic E-state index is -0.629. The van der Waals surface area contributed by atoms with E-state index in [0.29, 0.717) is 18.4 Å². The Morgan fingerprint density at radius 1 is 1.16 bits per heavy atom. The van der Waals surface area contributed by atoms with E-state index in [9.17, 15) is 9.59 Å². The summed E-state index contributed by atoms with van der Waals surface area (Å²) in [5.74, 6) is 1.88. The number of imidazole rings is 1. The van der Waals surface area contributed by atoms with Crippen LogP contribution >= 0.6 is 0 Å². The zero-order valence-corrected chi connectivity index (χ0v) is 19.6. The molecule has 32 heavy (non-hydrogen) atoms. The molecule has 3 atom stereocenters. The monoisotopic (exact) mass is 438 g/mol. The molecule has 1 aliphatic carbocycles. The van der Waals surface area contributed by atoms with E-state index in [1.54, 1.807) is 0 Å². The minimum absolute atomic E-state index is 0.0521. The maximum Gasteiger partial charge on any atom is 0.407 e. The highest BCUT2D eigenvalue weighted by atomic mass is 16.5. The fourth-order valence-electron chi connectivity index (χ4n) is 4.79. The highest BCUT2D eigenvalue weighted by Gasteiger charge is 2.46. The number of amides is 2. The number of alkyl carbamates (subject to hydrolysis) is 1. The largest absolute Gasteiger partial charge is 0.453 e. The maximum absolute atomic E-state index is 13.6. The molecule has 1 aromatic heterocycles. The molecule has 2 N–H and O–H groups in total. The van der Waals surface area contributed by atoms with Gasteiger partial charge < -0.3 is 19.9 Å². The summed E-state index contributed by atoms with van der Waals surface area (Å²) in [6.07, 6.45) is 2.79. The summed E-state index contributed by atoms with van der Waals surface area (Å²) < 4.78 is 4.76. The van der Waals surface area contributed by atoms with Gasteiger partial charge in [-0.2, -0.15) is 0 Å². The smallest absolute Gasteiger partial charge is 0.407 e. The van der Waals surface area contributed by atoms with Gasteiger partial charge in [-0.3, -0.25) is 4.79 Å². The summed E-state index contributed by atoms with van der Waals surface area (Å²) in [6, 6.07) is 7.60. The van der Waals surface area contributed by atoms with E-state index in [-0.39, 0.29) is 17.9 Å². The third-order valence-corrected chi connectivity index (χ3v) is 6.84. The lowest BCUT2D eigenvalue weighted by Gasteiger charge is -2.30. The van der Waals surface area contributed by atoms with Gasteiger partial charge in [-0.15, -0.1) is 0 Å². The lowest BCUT2D eigenvalue weighted by atomic mass is 10.0. The van der Waals surface area contributed by atoms with Crippen LogP contribution in [0.15, 0.2) is 24.3 Å². The number of nitrogens with one attached hydrogen (secondary N) is 2. The zero-order chi connectivity index (χ0) is 23.0. The van der Waals surface area contributed by atoms with Gasteiger partial charge in [-0.05, 0) is 50.9 Å². The van der Waals surface area contributed by atoms with Gasteiger partial charge in [0.25, 0.3) is 0 Å². The van der Waals surface area contributed by atoms with Crippen LogP contribution in [0.2, 0.25) is 0 Å². The van der Waals surface area contributed by atoms with Gasteiger partial charge in [-0.25, -0.2) is 9.78 Å². The molecular weight excluding hydrogens is 404 g/mol. The SMILES string of the molecule is COC(=O)N[C@H](C(=O)N1C[C@@H](C2CC2)C[C@H]1c1nc(-c2ccc(C)cc2)c(C)[nH]1)C(C)C. The molecular formula is C25H34N4O3. The van der Waals surface area contributed by atoms with Crippen LogP contribution in [0.1, 0.15) is 56.2 Å². The number of methoxy groups -OCH3 is 1. The van der Waals surface area contributed by atoms with Gasteiger partial charge in [0.2, 0.25) is 5.91 Å². The van der Waals surface area contributed by atoms with Crippen LogP contribution in [0.25, 0.3) is 11.3 Å². The topological polar surface area (TPSA) is 87.3 Å². The fourth-order valence-corrected chi connectivity index (χ4v) is 4.79. The number of ether oxygens (including phenoxy) is 1. The van der Waals surface area contributed by atoms with Crippen LogP contribution in [-0.4, -0.2) is 46.6 Å². The standard InChI is InChI=1S/C25H34N4O3/c1-14(2)21(28-25(31)32-5)24(30)29-13-19(17-10-11-17)12-20(29)23-26-16(4)22(27-23)18-8-6-15(3)7-9-18/h6-9,14,17,19-21H,10-13H2,1-5H3,(H,26,27)(H,28,31)/t19-,20-,21-/m0/s1.